The molecule has 2 heterocycles. The zero-order valence-electron chi connectivity index (χ0n) is 12.5. The monoisotopic (exact) mass is 344 g/mol. The van der Waals surface area contributed by atoms with E-state index in [-0.39, 0.29) is 5.91 Å². The summed E-state index contributed by atoms with van der Waals surface area (Å²) in [7, 11) is 0. The maximum atomic E-state index is 12.8. The predicted octanol–water partition coefficient (Wildman–Crippen LogP) is 2.72. The molecule has 0 saturated carbocycles. The molecule has 1 aromatic heterocycles. The van der Waals surface area contributed by atoms with Gasteiger partial charge in [-0.05, 0) is 12.1 Å². The van der Waals surface area contributed by atoms with E-state index in [0.29, 0.717) is 24.4 Å². The quantitative estimate of drug-likeness (QED) is 0.798. The van der Waals surface area contributed by atoms with E-state index in [2.05, 4.69) is 16.0 Å². The van der Waals surface area contributed by atoms with Gasteiger partial charge in [0.25, 0.3) is 5.91 Å². The Morgan fingerprint density at radius 2 is 2.09 bits per heavy atom. The third-order valence-corrected chi connectivity index (χ3v) is 5.44. The summed E-state index contributed by atoms with van der Waals surface area (Å²) < 4.78 is 0. The van der Waals surface area contributed by atoms with Gasteiger partial charge in [0.15, 0.2) is 5.13 Å². The second-order valence-corrected chi connectivity index (χ2v) is 6.93. The maximum Gasteiger partial charge on any atom is 0.255 e. The molecule has 2 aromatic rings. The number of aromatic nitrogens is 1. The van der Waals surface area contributed by atoms with Gasteiger partial charge in [-0.1, -0.05) is 12.1 Å². The molecule has 0 bridgehead atoms. The second-order valence-electron chi connectivity index (χ2n) is 5.04. The first-order valence-electron chi connectivity index (χ1n) is 7.32. The molecule has 0 unspecified atom stereocenters. The first-order valence-corrected chi connectivity index (χ1v) is 9.18. The number of carbonyl (C=O) groups excluding carboxylic acids is 1. The van der Waals surface area contributed by atoms with Crippen molar-refractivity contribution in [1.29, 1.82) is 5.26 Å². The lowest BCUT2D eigenvalue weighted by Crippen LogP contribution is -2.48. The highest BCUT2D eigenvalue weighted by Gasteiger charge is 2.24. The molecule has 1 aliphatic heterocycles. The van der Waals surface area contributed by atoms with Gasteiger partial charge in [-0.2, -0.15) is 5.26 Å². The number of benzene rings is 1. The number of anilines is 1. The van der Waals surface area contributed by atoms with Crippen LogP contribution in [0.1, 0.15) is 10.4 Å². The highest BCUT2D eigenvalue weighted by Crippen LogP contribution is 2.25. The zero-order chi connectivity index (χ0) is 16.1. The third kappa shape index (κ3) is 3.66. The second kappa shape index (κ2) is 7.49. The first-order chi connectivity index (χ1) is 11.3. The number of thiazole rings is 1. The number of thioether (sulfide) groups is 1. The van der Waals surface area contributed by atoms with Gasteiger partial charge in [0.1, 0.15) is 0 Å². The fourth-order valence-corrected chi connectivity index (χ4v) is 3.92. The van der Waals surface area contributed by atoms with Crippen LogP contribution in [0.4, 0.5) is 5.13 Å². The minimum Gasteiger partial charge on any atom is -0.345 e. The van der Waals surface area contributed by atoms with Crippen LogP contribution in [-0.4, -0.2) is 47.7 Å². The molecule has 0 radical (unpaired) electrons. The molecule has 7 heteroatoms. The van der Waals surface area contributed by atoms with Crippen molar-refractivity contribution in [2.75, 3.05) is 36.8 Å². The fraction of sp³-hybridized carbons (Fsp3) is 0.312. The largest absolute Gasteiger partial charge is 0.345 e. The number of piperazine rings is 1. The molecular weight excluding hydrogens is 328 g/mol. The zero-order valence-corrected chi connectivity index (χ0v) is 14.1. The Bertz CT molecular complexity index is 703. The first kappa shape index (κ1) is 15.8. The average Bonchev–Trinajstić information content (AvgIpc) is 3.14. The Kier molecular flexibility index (Phi) is 5.16. The maximum absolute atomic E-state index is 12.8. The summed E-state index contributed by atoms with van der Waals surface area (Å²) in [4.78, 5) is 22.1. The smallest absolute Gasteiger partial charge is 0.255 e. The van der Waals surface area contributed by atoms with Gasteiger partial charge in [-0.15, -0.1) is 23.1 Å². The number of carbonyl (C=O) groups is 1. The van der Waals surface area contributed by atoms with Crippen LogP contribution in [-0.2, 0) is 0 Å². The van der Waals surface area contributed by atoms with Gasteiger partial charge >= 0.3 is 0 Å². The average molecular weight is 344 g/mol. The number of hydrogen-bond acceptors (Lipinski definition) is 6. The molecule has 1 amide bonds. The number of nitriles is 1. The Labute approximate surface area is 143 Å². The minimum atomic E-state index is 0.0461. The molecule has 3 rings (SSSR count). The van der Waals surface area contributed by atoms with Crippen molar-refractivity contribution in [1.82, 2.24) is 9.88 Å². The van der Waals surface area contributed by atoms with Crippen LogP contribution in [0.25, 0.3) is 0 Å². The molecule has 0 N–H and O–H groups in total. The summed E-state index contributed by atoms with van der Waals surface area (Å²) >= 11 is 3.03. The van der Waals surface area contributed by atoms with E-state index in [0.717, 1.165) is 23.1 Å². The topological polar surface area (TPSA) is 60.2 Å². The summed E-state index contributed by atoms with van der Waals surface area (Å²) in [6, 6.07) is 9.63. The molecule has 5 nitrogen and oxygen atoms in total. The van der Waals surface area contributed by atoms with Crippen molar-refractivity contribution in [3.8, 4) is 6.07 Å². The van der Waals surface area contributed by atoms with Crippen molar-refractivity contribution in [2.24, 2.45) is 0 Å². The Morgan fingerprint density at radius 3 is 2.78 bits per heavy atom. The van der Waals surface area contributed by atoms with Crippen LogP contribution in [0.15, 0.2) is 40.7 Å². The lowest BCUT2D eigenvalue weighted by molar-refractivity contribution is 0.0743. The highest BCUT2D eigenvalue weighted by molar-refractivity contribution is 7.99. The van der Waals surface area contributed by atoms with Crippen molar-refractivity contribution in [3.05, 3.63) is 41.4 Å². The van der Waals surface area contributed by atoms with Gasteiger partial charge in [-0.25, -0.2) is 4.98 Å². The van der Waals surface area contributed by atoms with E-state index < -0.39 is 0 Å². The fourth-order valence-electron chi connectivity index (χ4n) is 2.52. The number of amides is 1. The summed E-state index contributed by atoms with van der Waals surface area (Å²) in [5, 5.41) is 11.7. The summed E-state index contributed by atoms with van der Waals surface area (Å²) in [6.45, 7) is 2.98. The van der Waals surface area contributed by atoms with Crippen LogP contribution in [0.5, 0.6) is 0 Å². The standard InChI is InChI=1S/C16H16N4OS2/c17-5-11-22-14-4-2-1-3-13(14)15(21)19-7-9-20(10-8-19)16-18-6-12-23-16/h1-4,6,12H,7-11H2. The molecule has 0 aliphatic carbocycles. The van der Waals surface area contributed by atoms with Crippen LogP contribution >= 0.6 is 23.1 Å². The normalized spacial score (nSPS) is 14.6. The predicted molar refractivity (Wildman–Crippen MR) is 93.0 cm³/mol. The summed E-state index contributed by atoms with van der Waals surface area (Å²) in [5.41, 5.74) is 0.690. The SMILES string of the molecule is N#CCSc1ccccc1C(=O)N1CCN(c2nccs2)CC1. The highest BCUT2D eigenvalue weighted by atomic mass is 32.2. The van der Waals surface area contributed by atoms with Gasteiger partial charge < -0.3 is 9.80 Å². The van der Waals surface area contributed by atoms with Crippen molar-refractivity contribution in [3.63, 3.8) is 0 Å². The van der Waals surface area contributed by atoms with E-state index in [4.69, 9.17) is 5.26 Å². The van der Waals surface area contributed by atoms with Gasteiger partial charge in [0.2, 0.25) is 0 Å². The number of nitrogens with zero attached hydrogens (tertiary/aromatic N) is 4. The van der Waals surface area contributed by atoms with Gasteiger partial charge in [0, 0.05) is 42.7 Å². The Hall–Kier alpha value is -2.04. The Balaban J connectivity index is 1.67. The molecule has 118 valence electrons. The molecule has 0 spiro atoms. The molecular formula is C16H16N4OS2. The molecule has 23 heavy (non-hydrogen) atoms. The molecule has 0 atom stereocenters. The number of hydrogen-bond donors (Lipinski definition) is 0. The Morgan fingerprint density at radius 1 is 1.30 bits per heavy atom. The van der Waals surface area contributed by atoms with Crippen LogP contribution in [0, 0.1) is 11.3 Å². The lowest BCUT2D eigenvalue weighted by Gasteiger charge is -2.34. The number of rotatable bonds is 4. The van der Waals surface area contributed by atoms with E-state index >= 15 is 0 Å². The van der Waals surface area contributed by atoms with Crippen LogP contribution in [0.2, 0.25) is 0 Å². The molecule has 1 fully saturated rings. The van der Waals surface area contributed by atoms with E-state index in [1.165, 1.54) is 11.8 Å². The van der Waals surface area contributed by atoms with Crippen LogP contribution < -0.4 is 4.90 Å². The van der Waals surface area contributed by atoms with Gasteiger partial charge in [0.05, 0.1) is 17.4 Å². The molecule has 1 saturated heterocycles. The van der Waals surface area contributed by atoms with Gasteiger partial charge in [-0.3, -0.25) is 4.79 Å². The van der Waals surface area contributed by atoms with Crippen molar-refractivity contribution >= 4 is 34.1 Å². The van der Waals surface area contributed by atoms with E-state index in [9.17, 15) is 4.79 Å². The van der Waals surface area contributed by atoms with E-state index in [1.807, 2.05) is 34.5 Å². The van der Waals surface area contributed by atoms with E-state index in [1.54, 1.807) is 17.5 Å². The molecule has 1 aliphatic rings. The summed E-state index contributed by atoms with van der Waals surface area (Å²) in [6.07, 6.45) is 1.81. The van der Waals surface area contributed by atoms with Crippen molar-refractivity contribution < 1.29 is 4.79 Å². The summed E-state index contributed by atoms with van der Waals surface area (Å²) in [5.74, 6) is 0.395. The van der Waals surface area contributed by atoms with Crippen LogP contribution in [0.3, 0.4) is 0 Å². The lowest BCUT2D eigenvalue weighted by atomic mass is 10.2. The molecule has 1 aromatic carbocycles. The third-order valence-electron chi connectivity index (χ3n) is 3.67. The minimum absolute atomic E-state index is 0.0461. The van der Waals surface area contributed by atoms with Crippen molar-refractivity contribution in [2.45, 2.75) is 4.90 Å².